The molecule has 16 heavy (non-hydrogen) atoms. The molecule has 0 aliphatic carbocycles. The highest BCUT2D eigenvalue weighted by Crippen LogP contribution is 2.25. The van der Waals surface area contributed by atoms with Gasteiger partial charge in [-0.05, 0) is 28.0 Å². The Bertz CT molecular complexity index is 515. The molecule has 0 aromatic carbocycles. The fraction of sp³-hybridized carbons (Fsp3) is 0.182. The minimum absolute atomic E-state index is 0.0367. The van der Waals surface area contributed by atoms with Crippen LogP contribution in [0.2, 0.25) is 0 Å². The Balaban J connectivity index is 1.94. The number of hydrogen-bond acceptors (Lipinski definition) is 3. The molecular formula is C11H11N3OS. The fourth-order valence-electron chi connectivity index (χ4n) is 1.90. The minimum atomic E-state index is -0.0367. The summed E-state index contributed by atoms with van der Waals surface area (Å²) < 4.78 is 0. The first kappa shape index (κ1) is 9.47. The molecule has 0 atom stereocenters. The van der Waals surface area contributed by atoms with Gasteiger partial charge in [0.2, 0.25) is 0 Å². The molecule has 5 heteroatoms. The summed E-state index contributed by atoms with van der Waals surface area (Å²) in [5.74, 6) is -0.0367. The van der Waals surface area contributed by atoms with Crippen molar-refractivity contribution in [2.75, 3.05) is 12.0 Å². The molecule has 3 N–H and O–H groups in total. The smallest absolute Gasteiger partial charge is 0.271 e. The number of hydrogen-bond donors (Lipinski definition) is 3. The van der Waals surface area contributed by atoms with Gasteiger partial charge in [0.05, 0.1) is 12.4 Å². The van der Waals surface area contributed by atoms with Crippen LogP contribution in [0.4, 0.5) is 5.69 Å². The number of amides is 1. The summed E-state index contributed by atoms with van der Waals surface area (Å²) in [6.45, 7) is 0.500. The van der Waals surface area contributed by atoms with Crippen LogP contribution in [0.25, 0.3) is 0 Å². The second-order valence-electron chi connectivity index (χ2n) is 3.73. The molecule has 2 aromatic rings. The van der Waals surface area contributed by atoms with E-state index in [2.05, 4.69) is 32.4 Å². The van der Waals surface area contributed by atoms with E-state index < -0.39 is 0 Å². The number of aromatic nitrogens is 1. The molecule has 0 saturated heterocycles. The van der Waals surface area contributed by atoms with Gasteiger partial charge in [0.15, 0.2) is 0 Å². The average Bonchev–Trinajstić information content (AvgIpc) is 2.90. The number of rotatable bonds is 2. The van der Waals surface area contributed by atoms with E-state index >= 15 is 0 Å². The van der Waals surface area contributed by atoms with Crippen LogP contribution in [0, 0.1) is 0 Å². The molecule has 0 radical (unpaired) electrons. The average molecular weight is 233 g/mol. The zero-order chi connectivity index (χ0) is 11.0. The number of thiophene rings is 1. The van der Waals surface area contributed by atoms with Crippen LogP contribution in [-0.2, 0) is 6.42 Å². The number of aromatic amines is 1. The maximum Gasteiger partial charge on any atom is 0.271 e. The van der Waals surface area contributed by atoms with E-state index in [-0.39, 0.29) is 5.91 Å². The Morgan fingerprint density at radius 3 is 3.12 bits per heavy atom. The van der Waals surface area contributed by atoms with Gasteiger partial charge in [-0.3, -0.25) is 4.79 Å². The fourth-order valence-corrected chi connectivity index (χ4v) is 2.57. The van der Waals surface area contributed by atoms with Crippen LogP contribution < -0.4 is 10.6 Å². The van der Waals surface area contributed by atoms with Crippen molar-refractivity contribution in [3.8, 4) is 0 Å². The quantitative estimate of drug-likeness (QED) is 0.740. The first-order chi connectivity index (χ1) is 7.84. The molecule has 0 spiro atoms. The number of nitrogens with one attached hydrogen (secondary N) is 3. The topological polar surface area (TPSA) is 56.9 Å². The van der Waals surface area contributed by atoms with Gasteiger partial charge < -0.3 is 15.6 Å². The van der Waals surface area contributed by atoms with Gasteiger partial charge in [0.25, 0.3) is 5.91 Å². The first-order valence-electron chi connectivity index (χ1n) is 5.08. The lowest BCUT2D eigenvalue weighted by molar-refractivity contribution is 0.0948. The molecule has 0 unspecified atom stereocenters. The number of carbonyl (C=O) groups excluding carboxylic acids is 1. The number of fused-ring (bicyclic) bond motifs is 1. The molecule has 1 aliphatic heterocycles. The highest BCUT2D eigenvalue weighted by Gasteiger charge is 2.20. The Morgan fingerprint density at radius 2 is 2.31 bits per heavy atom. The third-order valence-electron chi connectivity index (χ3n) is 2.68. The van der Waals surface area contributed by atoms with E-state index in [1.165, 1.54) is 5.56 Å². The molecule has 0 fully saturated rings. The molecule has 1 aliphatic rings. The number of carbonyl (C=O) groups is 1. The Morgan fingerprint density at radius 1 is 1.38 bits per heavy atom. The highest BCUT2D eigenvalue weighted by molar-refractivity contribution is 7.07. The zero-order valence-corrected chi connectivity index (χ0v) is 9.36. The predicted octanol–water partition coefficient (Wildman–Crippen LogP) is 1.78. The molecule has 0 saturated carbocycles. The van der Waals surface area contributed by atoms with Gasteiger partial charge >= 0.3 is 0 Å². The number of anilines is 1. The molecule has 0 bridgehead atoms. The van der Waals surface area contributed by atoms with E-state index in [9.17, 15) is 4.79 Å². The third kappa shape index (κ3) is 1.49. The molecule has 1 amide bonds. The van der Waals surface area contributed by atoms with E-state index in [0.29, 0.717) is 12.4 Å². The van der Waals surface area contributed by atoms with Gasteiger partial charge in [-0.1, -0.05) is 0 Å². The lowest BCUT2D eigenvalue weighted by Crippen LogP contribution is -2.34. The molecule has 82 valence electrons. The normalized spacial score (nSPS) is 14.1. The van der Waals surface area contributed by atoms with Gasteiger partial charge in [-0.15, -0.1) is 0 Å². The van der Waals surface area contributed by atoms with Crippen molar-refractivity contribution in [3.63, 3.8) is 0 Å². The van der Waals surface area contributed by atoms with Crippen molar-refractivity contribution in [1.82, 2.24) is 10.3 Å². The van der Waals surface area contributed by atoms with Crippen molar-refractivity contribution < 1.29 is 4.79 Å². The van der Waals surface area contributed by atoms with Crippen molar-refractivity contribution in [3.05, 3.63) is 39.8 Å². The molecule has 3 rings (SSSR count). The third-order valence-corrected chi connectivity index (χ3v) is 3.41. The summed E-state index contributed by atoms with van der Waals surface area (Å²) in [5.41, 5.74) is 3.99. The highest BCUT2D eigenvalue weighted by atomic mass is 32.1. The largest absolute Gasteiger partial charge is 0.366 e. The first-order valence-corrected chi connectivity index (χ1v) is 6.02. The van der Waals surface area contributed by atoms with Crippen LogP contribution in [-0.4, -0.2) is 17.6 Å². The van der Waals surface area contributed by atoms with Gasteiger partial charge in [0.1, 0.15) is 5.69 Å². The van der Waals surface area contributed by atoms with Crippen LogP contribution in [0.3, 0.4) is 0 Å². The Kier molecular flexibility index (Phi) is 2.18. The predicted molar refractivity (Wildman–Crippen MR) is 63.9 cm³/mol. The standard InChI is InChI=1S/C11H11N3OS/c15-11-10-9(13-6-14-11)8(4-12-10)3-7-1-2-16-5-7/h1-2,4-5,12-13H,3,6H2,(H,14,15). The maximum atomic E-state index is 11.5. The Labute approximate surface area is 96.7 Å². The SMILES string of the molecule is O=C1NCNc2c(Cc3ccsc3)c[nH]c21. The minimum Gasteiger partial charge on any atom is -0.366 e. The van der Waals surface area contributed by atoms with E-state index in [4.69, 9.17) is 0 Å². The zero-order valence-electron chi connectivity index (χ0n) is 8.54. The van der Waals surface area contributed by atoms with E-state index in [0.717, 1.165) is 17.7 Å². The lowest BCUT2D eigenvalue weighted by Gasteiger charge is -2.16. The summed E-state index contributed by atoms with van der Waals surface area (Å²) in [5, 5.41) is 10.1. The van der Waals surface area contributed by atoms with Gasteiger partial charge in [-0.25, -0.2) is 0 Å². The van der Waals surface area contributed by atoms with E-state index in [1.807, 2.05) is 6.20 Å². The summed E-state index contributed by atoms with van der Waals surface area (Å²) in [7, 11) is 0. The van der Waals surface area contributed by atoms with Crippen LogP contribution in [0.1, 0.15) is 21.6 Å². The van der Waals surface area contributed by atoms with Crippen LogP contribution in [0.5, 0.6) is 0 Å². The van der Waals surface area contributed by atoms with Crippen molar-refractivity contribution in [1.29, 1.82) is 0 Å². The van der Waals surface area contributed by atoms with Gasteiger partial charge in [0, 0.05) is 12.6 Å². The molecule has 4 nitrogen and oxygen atoms in total. The summed E-state index contributed by atoms with van der Waals surface area (Å²) >= 11 is 1.69. The van der Waals surface area contributed by atoms with Crippen LogP contribution in [0.15, 0.2) is 23.0 Å². The lowest BCUT2D eigenvalue weighted by atomic mass is 10.1. The molecule has 2 aromatic heterocycles. The molecule has 3 heterocycles. The Hall–Kier alpha value is -1.75. The second kappa shape index (κ2) is 3.68. The van der Waals surface area contributed by atoms with Gasteiger partial charge in [-0.2, -0.15) is 11.3 Å². The van der Waals surface area contributed by atoms with Crippen molar-refractivity contribution in [2.24, 2.45) is 0 Å². The van der Waals surface area contributed by atoms with Crippen LogP contribution >= 0.6 is 11.3 Å². The summed E-state index contributed by atoms with van der Waals surface area (Å²) in [4.78, 5) is 14.5. The second-order valence-corrected chi connectivity index (χ2v) is 4.51. The number of H-pyrrole nitrogens is 1. The molecular weight excluding hydrogens is 222 g/mol. The summed E-state index contributed by atoms with van der Waals surface area (Å²) in [6, 6.07) is 2.10. The monoisotopic (exact) mass is 233 g/mol. The van der Waals surface area contributed by atoms with Crippen molar-refractivity contribution >= 4 is 22.9 Å². The maximum absolute atomic E-state index is 11.5. The van der Waals surface area contributed by atoms with Crippen molar-refractivity contribution in [2.45, 2.75) is 6.42 Å². The summed E-state index contributed by atoms with van der Waals surface area (Å²) in [6.07, 6.45) is 2.76. The van der Waals surface area contributed by atoms with E-state index in [1.54, 1.807) is 11.3 Å².